The first-order chi connectivity index (χ1) is 14.6. The predicted octanol–water partition coefficient (Wildman–Crippen LogP) is 4.96. The van der Waals surface area contributed by atoms with E-state index in [0.717, 1.165) is 22.3 Å². The van der Waals surface area contributed by atoms with Gasteiger partial charge in [-0.25, -0.2) is 0 Å². The summed E-state index contributed by atoms with van der Waals surface area (Å²) in [7, 11) is 3.23. The zero-order valence-electron chi connectivity index (χ0n) is 17.4. The second-order valence-electron chi connectivity index (χ2n) is 7.45. The SMILES string of the molecule is CCC1=C2Oc3c(cccc3OC)C=C2C(=O)C2=C(C)c3cccc(OC)c3O[C@H]12. The second-order valence-corrected chi connectivity index (χ2v) is 7.45. The van der Waals surface area contributed by atoms with Gasteiger partial charge in [0.2, 0.25) is 0 Å². The molecule has 0 aromatic heterocycles. The van der Waals surface area contributed by atoms with E-state index in [-0.39, 0.29) is 5.78 Å². The molecule has 5 nitrogen and oxygen atoms in total. The summed E-state index contributed by atoms with van der Waals surface area (Å²) in [6, 6.07) is 11.4. The maximum absolute atomic E-state index is 13.6. The van der Waals surface area contributed by atoms with Gasteiger partial charge in [-0.05, 0) is 37.1 Å². The number of carbonyl (C=O) groups is 1. The van der Waals surface area contributed by atoms with Gasteiger partial charge >= 0.3 is 0 Å². The molecule has 1 aliphatic carbocycles. The third-order valence-corrected chi connectivity index (χ3v) is 5.96. The molecule has 0 saturated carbocycles. The molecule has 2 aliphatic heterocycles. The quantitative estimate of drug-likeness (QED) is 0.726. The molecule has 152 valence electrons. The number of Topliss-reactive ketones (excluding diaryl/α,β-unsaturated/α-hetero) is 1. The molecule has 0 bridgehead atoms. The molecule has 5 heteroatoms. The van der Waals surface area contributed by atoms with E-state index >= 15 is 0 Å². The summed E-state index contributed by atoms with van der Waals surface area (Å²) in [6.45, 7) is 4.02. The molecule has 0 saturated heterocycles. The van der Waals surface area contributed by atoms with Gasteiger partial charge < -0.3 is 18.9 Å². The molecule has 0 N–H and O–H groups in total. The molecule has 1 atom stereocenters. The molecule has 2 aromatic rings. The lowest BCUT2D eigenvalue weighted by atomic mass is 9.78. The van der Waals surface area contributed by atoms with Crippen LogP contribution in [0.3, 0.4) is 0 Å². The first-order valence-corrected chi connectivity index (χ1v) is 9.98. The highest BCUT2D eigenvalue weighted by molar-refractivity contribution is 6.20. The minimum absolute atomic E-state index is 0.0633. The molecule has 5 rings (SSSR count). The van der Waals surface area contributed by atoms with Gasteiger partial charge in [-0.2, -0.15) is 0 Å². The van der Waals surface area contributed by atoms with E-state index in [9.17, 15) is 4.79 Å². The van der Waals surface area contributed by atoms with Crippen molar-refractivity contribution >= 4 is 17.4 Å². The first kappa shape index (κ1) is 18.6. The molecular formula is C25H22O5. The number of benzene rings is 2. The number of carbonyl (C=O) groups excluding carboxylic acids is 1. The fourth-order valence-corrected chi connectivity index (χ4v) is 4.46. The number of hydrogen-bond donors (Lipinski definition) is 0. The summed E-state index contributed by atoms with van der Waals surface area (Å²) in [5.74, 6) is 3.07. The van der Waals surface area contributed by atoms with Crippen molar-refractivity contribution in [2.45, 2.75) is 26.4 Å². The van der Waals surface area contributed by atoms with E-state index in [1.54, 1.807) is 14.2 Å². The molecule has 0 unspecified atom stereocenters. The van der Waals surface area contributed by atoms with Gasteiger partial charge in [0.1, 0.15) is 5.76 Å². The topological polar surface area (TPSA) is 54.0 Å². The Kier molecular flexibility index (Phi) is 4.21. The minimum atomic E-state index is -0.505. The number of ketones is 1. The molecule has 30 heavy (non-hydrogen) atoms. The van der Waals surface area contributed by atoms with Crippen LogP contribution in [0.5, 0.6) is 23.0 Å². The number of fused-ring (bicyclic) bond motifs is 4. The zero-order valence-corrected chi connectivity index (χ0v) is 17.4. The van der Waals surface area contributed by atoms with Gasteiger partial charge in [0.05, 0.1) is 19.8 Å². The van der Waals surface area contributed by atoms with Gasteiger partial charge in [-0.15, -0.1) is 0 Å². The molecule has 2 heterocycles. The summed E-state index contributed by atoms with van der Waals surface area (Å²) >= 11 is 0. The summed E-state index contributed by atoms with van der Waals surface area (Å²) in [5, 5.41) is 0. The predicted molar refractivity (Wildman–Crippen MR) is 114 cm³/mol. The van der Waals surface area contributed by atoms with Crippen LogP contribution in [0.1, 0.15) is 31.4 Å². The Morgan fingerprint density at radius 3 is 2.40 bits per heavy atom. The zero-order chi connectivity index (χ0) is 21.0. The Labute approximate surface area is 175 Å². The van der Waals surface area contributed by atoms with E-state index in [4.69, 9.17) is 18.9 Å². The van der Waals surface area contributed by atoms with Crippen LogP contribution in [0.15, 0.2) is 58.9 Å². The van der Waals surface area contributed by atoms with Crippen LogP contribution in [0, 0.1) is 0 Å². The lowest BCUT2D eigenvalue weighted by Gasteiger charge is -2.37. The van der Waals surface area contributed by atoms with Crippen LogP contribution >= 0.6 is 0 Å². The lowest BCUT2D eigenvalue weighted by molar-refractivity contribution is -0.113. The Bertz CT molecular complexity index is 1180. The maximum atomic E-state index is 13.6. The number of hydrogen-bond acceptors (Lipinski definition) is 5. The van der Waals surface area contributed by atoms with E-state index in [2.05, 4.69) is 0 Å². The van der Waals surface area contributed by atoms with Crippen molar-refractivity contribution in [3.8, 4) is 23.0 Å². The van der Waals surface area contributed by atoms with Crippen molar-refractivity contribution in [3.63, 3.8) is 0 Å². The third-order valence-electron chi connectivity index (χ3n) is 5.96. The van der Waals surface area contributed by atoms with E-state index in [1.807, 2.05) is 56.3 Å². The Balaban J connectivity index is 1.76. The number of para-hydroxylation sites is 2. The highest BCUT2D eigenvalue weighted by atomic mass is 16.5. The van der Waals surface area contributed by atoms with Gasteiger partial charge in [0.15, 0.2) is 34.9 Å². The van der Waals surface area contributed by atoms with Crippen LogP contribution in [-0.4, -0.2) is 26.1 Å². The van der Waals surface area contributed by atoms with Crippen molar-refractivity contribution in [3.05, 3.63) is 70.0 Å². The van der Waals surface area contributed by atoms with Crippen LogP contribution in [0.2, 0.25) is 0 Å². The molecule has 0 radical (unpaired) electrons. The number of allylic oxidation sites excluding steroid dienone is 2. The Morgan fingerprint density at radius 2 is 1.70 bits per heavy atom. The van der Waals surface area contributed by atoms with Crippen molar-refractivity contribution < 1.29 is 23.7 Å². The molecule has 3 aliphatic rings. The summed E-state index contributed by atoms with van der Waals surface area (Å²) in [4.78, 5) is 13.6. The van der Waals surface area contributed by atoms with Crippen molar-refractivity contribution in [1.29, 1.82) is 0 Å². The van der Waals surface area contributed by atoms with Gasteiger partial charge in [-0.1, -0.05) is 31.2 Å². The van der Waals surface area contributed by atoms with E-state index in [1.165, 1.54) is 0 Å². The number of methoxy groups -OCH3 is 2. The van der Waals surface area contributed by atoms with Crippen LogP contribution in [0.25, 0.3) is 11.6 Å². The molecule has 2 aromatic carbocycles. The highest BCUT2D eigenvalue weighted by Crippen LogP contribution is 2.50. The highest BCUT2D eigenvalue weighted by Gasteiger charge is 2.44. The largest absolute Gasteiger partial charge is 0.493 e. The van der Waals surface area contributed by atoms with Crippen molar-refractivity contribution in [1.82, 2.24) is 0 Å². The fourth-order valence-electron chi connectivity index (χ4n) is 4.46. The fraction of sp³-hybridized carbons (Fsp3) is 0.240. The average molecular weight is 402 g/mol. The number of rotatable bonds is 3. The second kappa shape index (κ2) is 6.80. The molecular weight excluding hydrogens is 380 g/mol. The minimum Gasteiger partial charge on any atom is -0.493 e. The van der Waals surface area contributed by atoms with Crippen LogP contribution in [-0.2, 0) is 4.79 Å². The maximum Gasteiger partial charge on any atom is 0.197 e. The monoisotopic (exact) mass is 402 g/mol. The van der Waals surface area contributed by atoms with E-state index in [0.29, 0.717) is 46.3 Å². The molecule has 0 fully saturated rings. The summed E-state index contributed by atoms with van der Waals surface area (Å²) in [5.41, 5.74) is 4.78. The van der Waals surface area contributed by atoms with Crippen molar-refractivity contribution in [2.75, 3.05) is 14.2 Å². The summed E-state index contributed by atoms with van der Waals surface area (Å²) in [6.07, 6.45) is 2.07. The average Bonchev–Trinajstić information content (AvgIpc) is 2.77. The van der Waals surface area contributed by atoms with Gasteiger partial charge in [-0.3, -0.25) is 4.79 Å². The Morgan fingerprint density at radius 1 is 1.00 bits per heavy atom. The number of ether oxygens (including phenoxy) is 4. The Hall–Kier alpha value is -3.47. The van der Waals surface area contributed by atoms with Crippen molar-refractivity contribution in [2.24, 2.45) is 0 Å². The van der Waals surface area contributed by atoms with E-state index < -0.39 is 6.10 Å². The van der Waals surface area contributed by atoms with Crippen LogP contribution < -0.4 is 18.9 Å². The molecule has 0 amide bonds. The summed E-state index contributed by atoms with van der Waals surface area (Å²) < 4.78 is 23.7. The van der Waals surface area contributed by atoms with Crippen LogP contribution in [0.4, 0.5) is 0 Å². The van der Waals surface area contributed by atoms with Gasteiger partial charge in [0.25, 0.3) is 0 Å². The first-order valence-electron chi connectivity index (χ1n) is 9.98. The standard InChI is InChI=1S/C25H22O5/c1-5-15-23-17(12-14-8-6-10-18(27-3)22(14)29-23)21(26)20-13(2)16-9-7-11-19(28-4)24(16)30-25(15)20/h6-12,25H,5H2,1-4H3/t25-/m1/s1. The normalized spacial score (nSPS) is 19.0. The lowest BCUT2D eigenvalue weighted by Crippen LogP contribution is -2.38. The smallest absolute Gasteiger partial charge is 0.197 e. The van der Waals surface area contributed by atoms with Gasteiger partial charge in [0, 0.05) is 22.3 Å². The molecule has 0 spiro atoms. The third kappa shape index (κ3) is 2.45.